The van der Waals surface area contributed by atoms with Gasteiger partial charge in [-0.25, -0.2) is 0 Å². The minimum atomic E-state index is 0.570. The number of hydrogen-bond acceptors (Lipinski definition) is 2. The third-order valence-corrected chi connectivity index (χ3v) is 3.06. The number of nitrogens with zero attached hydrogens (tertiary/aromatic N) is 1. The molecular weight excluding hydrogens is 138 g/mol. The second kappa shape index (κ2) is 3.11. The van der Waals surface area contributed by atoms with Crippen LogP contribution in [0.25, 0.3) is 0 Å². The summed E-state index contributed by atoms with van der Waals surface area (Å²) in [6.45, 7) is 2.67. The van der Waals surface area contributed by atoms with Crippen molar-refractivity contribution in [3.8, 4) is 0 Å². The molecule has 0 aromatic heterocycles. The Bertz CT molecular complexity index is 126. The third-order valence-electron chi connectivity index (χ3n) is 3.06. The number of hydrogen-bond donors (Lipinski definition) is 0. The Labute approximate surface area is 68.5 Å². The number of likely N-dealkylation sites (tertiary alicyclic amines) is 1. The van der Waals surface area contributed by atoms with Gasteiger partial charge in [-0.1, -0.05) is 0 Å². The first-order valence-corrected chi connectivity index (χ1v) is 4.67. The minimum Gasteiger partial charge on any atom is -0.381 e. The SMILES string of the molecule is CO[C@H]1C[C@H](N2CCCC2)C1. The summed E-state index contributed by atoms with van der Waals surface area (Å²) in [4.78, 5) is 2.62. The van der Waals surface area contributed by atoms with Crippen molar-refractivity contribution in [2.24, 2.45) is 0 Å². The van der Waals surface area contributed by atoms with Gasteiger partial charge < -0.3 is 9.64 Å². The zero-order valence-electron chi connectivity index (χ0n) is 7.25. The molecule has 1 saturated heterocycles. The minimum absolute atomic E-state index is 0.570. The van der Waals surface area contributed by atoms with Crippen molar-refractivity contribution in [2.45, 2.75) is 37.8 Å². The lowest BCUT2D eigenvalue weighted by atomic mass is 9.88. The molecule has 0 aromatic carbocycles. The van der Waals surface area contributed by atoms with Crippen LogP contribution in [0.3, 0.4) is 0 Å². The molecule has 0 radical (unpaired) electrons. The summed E-state index contributed by atoms with van der Waals surface area (Å²) in [6, 6.07) is 0.863. The lowest BCUT2D eigenvalue weighted by Crippen LogP contribution is -2.46. The van der Waals surface area contributed by atoms with Crippen molar-refractivity contribution in [1.29, 1.82) is 0 Å². The molecule has 1 saturated carbocycles. The molecule has 0 N–H and O–H groups in total. The Morgan fingerprint density at radius 3 is 2.36 bits per heavy atom. The van der Waals surface area contributed by atoms with E-state index in [0.29, 0.717) is 6.10 Å². The van der Waals surface area contributed by atoms with Crippen LogP contribution < -0.4 is 0 Å². The van der Waals surface area contributed by atoms with Gasteiger partial charge in [-0.05, 0) is 38.8 Å². The predicted octanol–water partition coefficient (Wildman–Crippen LogP) is 1.26. The van der Waals surface area contributed by atoms with E-state index in [1.807, 2.05) is 7.11 Å². The molecule has 0 spiro atoms. The molecule has 2 fully saturated rings. The maximum Gasteiger partial charge on any atom is 0.0601 e. The second-order valence-corrected chi connectivity index (χ2v) is 3.73. The molecule has 11 heavy (non-hydrogen) atoms. The maximum absolute atomic E-state index is 5.25. The van der Waals surface area contributed by atoms with Gasteiger partial charge in [0.05, 0.1) is 6.10 Å². The highest BCUT2D eigenvalue weighted by Gasteiger charge is 2.34. The first-order chi connectivity index (χ1) is 5.40. The molecular formula is C9H17NO. The monoisotopic (exact) mass is 155 g/mol. The van der Waals surface area contributed by atoms with Crippen molar-refractivity contribution in [1.82, 2.24) is 4.90 Å². The third kappa shape index (κ3) is 1.42. The molecule has 1 heterocycles. The smallest absolute Gasteiger partial charge is 0.0601 e. The van der Waals surface area contributed by atoms with Crippen molar-refractivity contribution in [3.05, 3.63) is 0 Å². The Morgan fingerprint density at radius 2 is 1.82 bits per heavy atom. The predicted molar refractivity (Wildman–Crippen MR) is 44.6 cm³/mol. The van der Waals surface area contributed by atoms with Crippen molar-refractivity contribution in [3.63, 3.8) is 0 Å². The topological polar surface area (TPSA) is 12.5 Å². The molecule has 2 heteroatoms. The molecule has 0 aromatic rings. The summed E-state index contributed by atoms with van der Waals surface area (Å²) in [5.41, 5.74) is 0. The normalized spacial score (nSPS) is 39.0. The average molecular weight is 155 g/mol. The van der Waals surface area contributed by atoms with Crippen LogP contribution in [-0.2, 0) is 4.74 Å². The van der Waals surface area contributed by atoms with Gasteiger partial charge in [0.15, 0.2) is 0 Å². The Balaban J connectivity index is 1.73. The van der Waals surface area contributed by atoms with Crippen LogP contribution in [0.4, 0.5) is 0 Å². The number of rotatable bonds is 2. The van der Waals surface area contributed by atoms with Gasteiger partial charge in [0, 0.05) is 13.2 Å². The Kier molecular flexibility index (Phi) is 2.14. The van der Waals surface area contributed by atoms with Gasteiger partial charge >= 0.3 is 0 Å². The van der Waals surface area contributed by atoms with Crippen molar-refractivity contribution < 1.29 is 4.74 Å². The fourth-order valence-corrected chi connectivity index (χ4v) is 2.14. The molecule has 2 aliphatic rings. The highest BCUT2D eigenvalue weighted by Crippen LogP contribution is 2.29. The zero-order chi connectivity index (χ0) is 7.68. The number of ether oxygens (including phenoxy) is 1. The van der Waals surface area contributed by atoms with Gasteiger partial charge in [-0.2, -0.15) is 0 Å². The van der Waals surface area contributed by atoms with E-state index in [9.17, 15) is 0 Å². The molecule has 2 nitrogen and oxygen atoms in total. The van der Waals surface area contributed by atoms with Crippen LogP contribution in [0.15, 0.2) is 0 Å². The largest absolute Gasteiger partial charge is 0.381 e. The molecule has 1 aliphatic carbocycles. The molecule has 0 amide bonds. The first-order valence-electron chi connectivity index (χ1n) is 4.67. The molecule has 2 rings (SSSR count). The van der Waals surface area contributed by atoms with Gasteiger partial charge in [-0.15, -0.1) is 0 Å². The average Bonchev–Trinajstić information content (AvgIpc) is 2.37. The second-order valence-electron chi connectivity index (χ2n) is 3.73. The fraction of sp³-hybridized carbons (Fsp3) is 1.00. The van der Waals surface area contributed by atoms with E-state index in [1.54, 1.807) is 0 Å². The Hall–Kier alpha value is -0.0800. The van der Waals surface area contributed by atoms with E-state index < -0.39 is 0 Å². The first kappa shape index (κ1) is 7.56. The maximum atomic E-state index is 5.25. The molecule has 0 atom stereocenters. The lowest BCUT2D eigenvalue weighted by molar-refractivity contribution is -0.0201. The summed E-state index contributed by atoms with van der Waals surface area (Å²) >= 11 is 0. The summed E-state index contributed by atoms with van der Waals surface area (Å²) in [6.07, 6.45) is 5.94. The zero-order valence-corrected chi connectivity index (χ0v) is 7.25. The van der Waals surface area contributed by atoms with Crippen LogP contribution in [0, 0.1) is 0 Å². The Morgan fingerprint density at radius 1 is 1.18 bits per heavy atom. The van der Waals surface area contributed by atoms with E-state index in [4.69, 9.17) is 4.74 Å². The van der Waals surface area contributed by atoms with E-state index in [2.05, 4.69) is 4.90 Å². The van der Waals surface area contributed by atoms with Gasteiger partial charge in [0.25, 0.3) is 0 Å². The van der Waals surface area contributed by atoms with Crippen LogP contribution in [0.1, 0.15) is 25.7 Å². The van der Waals surface area contributed by atoms with Crippen LogP contribution in [0.5, 0.6) is 0 Å². The van der Waals surface area contributed by atoms with Gasteiger partial charge in [0.2, 0.25) is 0 Å². The number of methoxy groups -OCH3 is 1. The molecule has 64 valence electrons. The standard InChI is InChI=1S/C9H17NO/c1-11-9-6-8(7-9)10-4-2-3-5-10/h8-9H,2-7H2,1H3/t8-,9-. The van der Waals surface area contributed by atoms with E-state index in [0.717, 1.165) is 6.04 Å². The van der Waals surface area contributed by atoms with Crippen LogP contribution in [0.2, 0.25) is 0 Å². The fourth-order valence-electron chi connectivity index (χ4n) is 2.14. The summed E-state index contributed by atoms with van der Waals surface area (Å²) < 4.78 is 5.25. The molecule has 0 unspecified atom stereocenters. The quantitative estimate of drug-likeness (QED) is 0.595. The molecule has 1 aliphatic heterocycles. The molecule has 0 bridgehead atoms. The highest BCUT2D eigenvalue weighted by atomic mass is 16.5. The summed E-state index contributed by atoms with van der Waals surface area (Å²) in [5, 5.41) is 0. The van der Waals surface area contributed by atoms with E-state index in [-0.39, 0.29) is 0 Å². The lowest BCUT2D eigenvalue weighted by Gasteiger charge is -2.40. The van der Waals surface area contributed by atoms with Crippen molar-refractivity contribution >= 4 is 0 Å². The highest BCUT2D eigenvalue weighted by molar-refractivity contribution is 4.89. The van der Waals surface area contributed by atoms with Crippen molar-refractivity contribution in [2.75, 3.05) is 20.2 Å². The summed E-state index contributed by atoms with van der Waals surface area (Å²) in [7, 11) is 1.82. The van der Waals surface area contributed by atoms with Gasteiger partial charge in [0.1, 0.15) is 0 Å². The summed E-state index contributed by atoms with van der Waals surface area (Å²) in [5.74, 6) is 0. The van der Waals surface area contributed by atoms with E-state index >= 15 is 0 Å². The van der Waals surface area contributed by atoms with Crippen LogP contribution >= 0.6 is 0 Å². The van der Waals surface area contributed by atoms with E-state index in [1.165, 1.54) is 38.8 Å². The van der Waals surface area contributed by atoms with Crippen LogP contribution in [-0.4, -0.2) is 37.2 Å². The van der Waals surface area contributed by atoms with Gasteiger partial charge in [-0.3, -0.25) is 0 Å².